The molecule has 1 aliphatic rings. The minimum absolute atomic E-state index is 0.217. The van der Waals surface area contributed by atoms with E-state index in [1.165, 1.54) is 17.5 Å². The van der Waals surface area contributed by atoms with Crippen LogP contribution in [-0.2, 0) is 0 Å². The first-order chi connectivity index (χ1) is 11.6. The van der Waals surface area contributed by atoms with Crippen LogP contribution in [0.25, 0.3) is 0 Å². The molecule has 24 heavy (non-hydrogen) atoms. The maximum Gasteiger partial charge on any atom is 0.339 e. The molecule has 1 heterocycles. The van der Waals surface area contributed by atoms with Gasteiger partial charge in [-0.25, -0.2) is 4.79 Å². The average molecular weight is 325 g/mol. The van der Waals surface area contributed by atoms with Crippen molar-refractivity contribution in [1.29, 1.82) is 0 Å². The van der Waals surface area contributed by atoms with Crippen LogP contribution >= 0.6 is 0 Å². The van der Waals surface area contributed by atoms with Gasteiger partial charge in [0.05, 0.1) is 0 Å². The maximum atomic E-state index is 11.2. The molecule has 126 valence electrons. The molecule has 0 aliphatic carbocycles. The summed E-state index contributed by atoms with van der Waals surface area (Å²) in [7, 11) is 0. The van der Waals surface area contributed by atoms with Gasteiger partial charge < -0.3 is 9.84 Å². The third-order valence-electron chi connectivity index (χ3n) is 4.54. The smallest absolute Gasteiger partial charge is 0.339 e. The second-order valence-corrected chi connectivity index (χ2v) is 6.26. The maximum absolute atomic E-state index is 11.2. The fraction of sp³-hybridized carbons (Fsp3) is 0.350. The Hall–Kier alpha value is -2.33. The summed E-state index contributed by atoms with van der Waals surface area (Å²) in [6, 6.07) is 15.9. The lowest BCUT2D eigenvalue weighted by Gasteiger charge is -2.25. The molecule has 0 spiro atoms. The summed E-state index contributed by atoms with van der Waals surface area (Å²) in [5, 5.41) is 9.20. The van der Waals surface area contributed by atoms with Crippen molar-refractivity contribution in [1.82, 2.24) is 4.90 Å². The van der Waals surface area contributed by atoms with Gasteiger partial charge in [-0.2, -0.15) is 0 Å². The topological polar surface area (TPSA) is 49.8 Å². The van der Waals surface area contributed by atoms with E-state index in [2.05, 4.69) is 36.1 Å². The van der Waals surface area contributed by atoms with Gasteiger partial charge in [-0.15, -0.1) is 0 Å². The van der Waals surface area contributed by atoms with Crippen molar-refractivity contribution in [3.63, 3.8) is 0 Å². The molecule has 1 unspecified atom stereocenters. The number of carbonyl (C=O) groups is 1. The van der Waals surface area contributed by atoms with Crippen LogP contribution in [0.2, 0.25) is 0 Å². The molecule has 2 aromatic rings. The van der Waals surface area contributed by atoms with Gasteiger partial charge >= 0.3 is 5.97 Å². The van der Waals surface area contributed by atoms with Gasteiger partial charge in [-0.3, -0.25) is 4.90 Å². The van der Waals surface area contributed by atoms with E-state index >= 15 is 0 Å². The summed E-state index contributed by atoms with van der Waals surface area (Å²) < 4.78 is 5.75. The Morgan fingerprint density at radius 1 is 1.25 bits per heavy atom. The highest BCUT2D eigenvalue weighted by Crippen LogP contribution is 2.32. The van der Waals surface area contributed by atoms with Gasteiger partial charge in [0.1, 0.15) is 17.9 Å². The normalized spacial score (nSPS) is 17.8. The summed E-state index contributed by atoms with van der Waals surface area (Å²) in [6.45, 7) is 4.47. The highest BCUT2D eigenvalue weighted by Gasteiger charge is 2.25. The van der Waals surface area contributed by atoms with Crippen LogP contribution in [0.5, 0.6) is 5.75 Å². The number of carboxylic acid groups (broad SMARTS) is 1. The zero-order valence-electron chi connectivity index (χ0n) is 13.9. The first-order valence-corrected chi connectivity index (χ1v) is 8.41. The van der Waals surface area contributed by atoms with Crippen LogP contribution in [0.15, 0.2) is 48.5 Å². The first kappa shape index (κ1) is 16.5. The number of aromatic carboxylic acids is 1. The highest BCUT2D eigenvalue weighted by molar-refractivity contribution is 5.90. The minimum Gasteiger partial charge on any atom is -0.491 e. The van der Waals surface area contributed by atoms with Gasteiger partial charge in [-0.05, 0) is 44.0 Å². The number of rotatable bonds is 6. The van der Waals surface area contributed by atoms with Crippen LogP contribution < -0.4 is 4.74 Å². The summed E-state index contributed by atoms with van der Waals surface area (Å²) in [6.07, 6.45) is 2.35. The second-order valence-electron chi connectivity index (χ2n) is 6.26. The molecule has 1 aliphatic heterocycles. The molecular formula is C20H23NO3. The molecule has 0 aromatic heterocycles. The Balaban J connectivity index is 1.61. The zero-order chi connectivity index (χ0) is 16.9. The van der Waals surface area contributed by atoms with E-state index in [-0.39, 0.29) is 5.56 Å². The quantitative estimate of drug-likeness (QED) is 0.875. The number of para-hydroxylation sites is 1. The molecule has 3 rings (SSSR count). The molecule has 4 heteroatoms. The van der Waals surface area contributed by atoms with Gasteiger partial charge in [0.25, 0.3) is 0 Å². The largest absolute Gasteiger partial charge is 0.491 e. The average Bonchev–Trinajstić information content (AvgIpc) is 3.04. The van der Waals surface area contributed by atoms with E-state index in [0.29, 0.717) is 18.4 Å². The van der Waals surface area contributed by atoms with E-state index in [1.54, 1.807) is 24.3 Å². The first-order valence-electron chi connectivity index (χ1n) is 8.41. The lowest BCUT2D eigenvalue weighted by molar-refractivity contribution is 0.0691. The Bertz CT molecular complexity index is 714. The van der Waals surface area contributed by atoms with Gasteiger partial charge in [-0.1, -0.05) is 42.0 Å². The SMILES string of the molecule is Cc1cccc(C2CCCN2CCOc2ccccc2C(=O)O)c1. The number of likely N-dealkylation sites (tertiary alicyclic amines) is 1. The number of ether oxygens (including phenoxy) is 1. The van der Waals surface area contributed by atoms with E-state index in [9.17, 15) is 9.90 Å². The van der Waals surface area contributed by atoms with Crippen molar-refractivity contribution in [3.05, 3.63) is 65.2 Å². The Morgan fingerprint density at radius 2 is 2.08 bits per heavy atom. The molecule has 1 N–H and O–H groups in total. The Kier molecular flexibility index (Phi) is 5.16. The third-order valence-corrected chi connectivity index (χ3v) is 4.54. The van der Waals surface area contributed by atoms with Crippen molar-refractivity contribution in [2.75, 3.05) is 19.7 Å². The third kappa shape index (κ3) is 3.77. The molecule has 0 saturated carbocycles. The van der Waals surface area contributed by atoms with Crippen LogP contribution in [0.1, 0.15) is 40.4 Å². The Labute approximate surface area is 142 Å². The van der Waals surface area contributed by atoms with Crippen molar-refractivity contribution in [2.24, 2.45) is 0 Å². The number of hydrogen-bond acceptors (Lipinski definition) is 3. The number of nitrogens with zero attached hydrogens (tertiary/aromatic N) is 1. The van der Waals surface area contributed by atoms with E-state index in [4.69, 9.17) is 4.74 Å². The van der Waals surface area contributed by atoms with E-state index < -0.39 is 5.97 Å². The lowest BCUT2D eigenvalue weighted by Crippen LogP contribution is -2.28. The van der Waals surface area contributed by atoms with Gasteiger partial charge in [0.2, 0.25) is 0 Å². The number of hydrogen-bond donors (Lipinski definition) is 1. The highest BCUT2D eigenvalue weighted by atomic mass is 16.5. The molecule has 4 nitrogen and oxygen atoms in total. The van der Waals surface area contributed by atoms with Crippen LogP contribution in [0.4, 0.5) is 0 Å². The number of benzene rings is 2. The van der Waals surface area contributed by atoms with Crippen molar-refractivity contribution >= 4 is 5.97 Å². The fourth-order valence-electron chi connectivity index (χ4n) is 3.39. The summed E-state index contributed by atoms with van der Waals surface area (Å²) in [4.78, 5) is 13.6. The summed E-state index contributed by atoms with van der Waals surface area (Å²) in [5.74, 6) is -0.513. The summed E-state index contributed by atoms with van der Waals surface area (Å²) in [5.41, 5.74) is 2.86. The predicted octanol–water partition coefficient (Wildman–Crippen LogP) is 3.91. The van der Waals surface area contributed by atoms with Gasteiger partial charge in [0, 0.05) is 12.6 Å². The number of carboxylic acids is 1. The molecule has 0 bridgehead atoms. The van der Waals surface area contributed by atoms with Crippen LogP contribution in [-0.4, -0.2) is 35.7 Å². The van der Waals surface area contributed by atoms with E-state index in [0.717, 1.165) is 19.5 Å². The van der Waals surface area contributed by atoms with Gasteiger partial charge in [0.15, 0.2) is 0 Å². The molecule has 0 radical (unpaired) electrons. The molecule has 2 aromatic carbocycles. The number of aryl methyl sites for hydroxylation is 1. The van der Waals surface area contributed by atoms with Crippen molar-refractivity contribution < 1.29 is 14.6 Å². The van der Waals surface area contributed by atoms with E-state index in [1.807, 2.05) is 0 Å². The lowest BCUT2D eigenvalue weighted by atomic mass is 10.0. The molecular weight excluding hydrogens is 302 g/mol. The molecule has 1 saturated heterocycles. The van der Waals surface area contributed by atoms with Crippen LogP contribution in [0.3, 0.4) is 0 Å². The second kappa shape index (κ2) is 7.49. The van der Waals surface area contributed by atoms with Crippen molar-refractivity contribution in [3.8, 4) is 5.75 Å². The molecule has 0 amide bonds. The fourth-order valence-corrected chi connectivity index (χ4v) is 3.39. The summed E-state index contributed by atoms with van der Waals surface area (Å²) >= 11 is 0. The van der Waals surface area contributed by atoms with Crippen molar-refractivity contribution in [2.45, 2.75) is 25.8 Å². The molecule has 1 fully saturated rings. The minimum atomic E-state index is -0.954. The zero-order valence-corrected chi connectivity index (χ0v) is 13.9. The predicted molar refractivity (Wildman–Crippen MR) is 93.6 cm³/mol. The monoisotopic (exact) mass is 325 g/mol. The van der Waals surface area contributed by atoms with Crippen LogP contribution in [0, 0.1) is 6.92 Å². The Morgan fingerprint density at radius 3 is 2.88 bits per heavy atom. The molecule has 1 atom stereocenters. The standard InChI is InChI=1S/C20H23NO3/c1-15-6-4-7-16(14-15)18-9-5-11-21(18)12-13-24-19-10-3-2-8-17(19)20(22)23/h2-4,6-8,10,14,18H,5,9,11-13H2,1H3,(H,22,23).